The van der Waals surface area contributed by atoms with Crippen molar-refractivity contribution < 1.29 is 4.79 Å². The van der Waals surface area contributed by atoms with Crippen LogP contribution in [0.15, 0.2) is 70.9 Å². The van der Waals surface area contributed by atoms with E-state index in [2.05, 4.69) is 11.9 Å². The zero-order valence-electron chi connectivity index (χ0n) is 14.6. The number of nitrogens with zero attached hydrogens (tertiary/aromatic N) is 2. The molecule has 0 saturated heterocycles. The van der Waals surface area contributed by atoms with Gasteiger partial charge in [0, 0.05) is 17.2 Å². The molecule has 134 valence electrons. The fourth-order valence-corrected chi connectivity index (χ4v) is 3.66. The van der Waals surface area contributed by atoms with Gasteiger partial charge in [-0.25, -0.2) is 4.79 Å². The maximum Gasteiger partial charge on any atom is 0.329 e. The molecule has 0 aliphatic rings. The summed E-state index contributed by atoms with van der Waals surface area (Å²) in [5.41, 5.74) is 2.19. The van der Waals surface area contributed by atoms with Gasteiger partial charge in [-0.05, 0) is 31.2 Å². The quantitative estimate of drug-likeness (QED) is 0.511. The molecule has 0 aliphatic heterocycles. The van der Waals surface area contributed by atoms with Crippen LogP contribution in [0.4, 0.5) is 5.69 Å². The van der Waals surface area contributed by atoms with E-state index < -0.39 is 0 Å². The number of amides is 1. The second kappa shape index (κ2) is 8.10. The number of carbonyl (C=O) groups is 1. The first kappa shape index (κ1) is 18.1. The largest absolute Gasteiger partial charge is 0.329 e. The molecule has 0 radical (unpaired) electrons. The Kier molecular flexibility index (Phi) is 5.63. The molecular formula is C20H21N3O2S. The van der Waals surface area contributed by atoms with Gasteiger partial charge in [-0.1, -0.05) is 30.3 Å². The van der Waals surface area contributed by atoms with Crippen LogP contribution in [0.5, 0.6) is 0 Å². The summed E-state index contributed by atoms with van der Waals surface area (Å²) < 4.78 is 3.20. The Bertz CT molecular complexity index is 1000. The summed E-state index contributed by atoms with van der Waals surface area (Å²) in [6.45, 7) is 6.19. The molecule has 0 unspecified atom stereocenters. The highest BCUT2D eigenvalue weighted by molar-refractivity contribution is 7.99. The Morgan fingerprint density at radius 2 is 1.77 bits per heavy atom. The van der Waals surface area contributed by atoms with E-state index in [1.807, 2.05) is 61.5 Å². The average molecular weight is 367 g/mol. The van der Waals surface area contributed by atoms with Crippen molar-refractivity contribution in [2.75, 3.05) is 11.1 Å². The highest BCUT2D eigenvalue weighted by Gasteiger charge is 2.15. The molecule has 0 aliphatic carbocycles. The van der Waals surface area contributed by atoms with Crippen LogP contribution in [0.25, 0.3) is 11.0 Å². The van der Waals surface area contributed by atoms with Gasteiger partial charge in [-0.3, -0.25) is 13.9 Å². The number of hydrogen-bond acceptors (Lipinski definition) is 3. The molecule has 1 heterocycles. The van der Waals surface area contributed by atoms with E-state index in [0.717, 1.165) is 27.4 Å². The lowest BCUT2D eigenvalue weighted by atomic mass is 10.3. The van der Waals surface area contributed by atoms with Gasteiger partial charge in [0.1, 0.15) is 6.54 Å². The summed E-state index contributed by atoms with van der Waals surface area (Å²) in [7, 11) is 0. The summed E-state index contributed by atoms with van der Waals surface area (Å²) in [6.07, 6.45) is 1.82. The number of anilines is 1. The van der Waals surface area contributed by atoms with Gasteiger partial charge in [-0.2, -0.15) is 0 Å². The molecule has 0 spiro atoms. The maximum atomic E-state index is 12.6. The standard InChI is InChI=1S/C20H21N3O2S/c1-3-13-26-18-12-8-5-9-15(18)21-19(24)14-23-17-11-7-6-10-16(17)22(4-2)20(23)25/h3,5-12H,1,4,13-14H2,2H3,(H,21,24). The van der Waals surface area contributed by atoms with Crippen molar-refractivity contribution in [3.8, 4) is 0 Å². The molecule has 1 N–H and O–H groups in total. The number of rotatable bonds is 7. The Balaban J connectivity index is 1.86. The van der Waals surface area contributed by atoms with Gasteiger partial charge in [0.05, 0.1) is 16.7 Å². The van der Waals surface area contributed by atoms with Crippen LogP contribution < -0.4 is 11.0 Å². The third kappa shape index (κ3) is 3.60. The monoisotopic (exact) mass is 367 g/mol. The van der Waals surface area contributed by atoms with Crippen LogP contribution in [0.3, 0.4) is 0 Å². The Morgan fingerprint density at radius 3 is 2.46 bits per heavy atom. The number of imidazole rings is 1. The van der Waals surface area contributed by atoms with Crippen LogP contribution in [0.1, 0.15) is 6.92 Å². The lowest BCUT2D eigenvalue weighted by Gasteiger charge is -2.10. The first-order valence-corrected chi connectivity index (χ1v) is 9.45. The molecule has 2 aromatic carbocycles. The van der Waals surface area contributed by atoms with Gasteiger partial charge in [0.25, 0.3) is 0 Å². The second-order valence-electron chi connectivity index (χ2n) is 5.75. The number of aryl methyl sites for hydroxylation is 1. The van der Waals surface area contributed by atoms with Gasteiger partial charge in [0.15, 0.2) is 0 Å². The highest BCUT2D eigenvalue weighted by Crippen LogP contribution is 2.27. The van der Waals surface area contributed by atoms with Gasteiger partial charge in [-0.15, -0.1) is 18.3 Å². The van der Waals surface area contributed by atoms with Crippen LogP contribution in [0.2, 0.25) is 0 Å². The number of aromatic nitrogens is 2. The predicted octanol–water partition coefficient (Wildman–Crippen LogP) is 3.74. The van der Waals surface area contributed by atoms with E-state index in [1.165, 1.54) is 4.57 Å². The fourth-order valence-electron chi connectivity index (χ4n) is 2.91. The van der Waals surface area contributed by atoms with E-state index in [4.69, 9.17) is 0 Å². The lowest BCUT2D eigenvalue weighted by Crippen LogP contribution is -2.29. The van der Waals surface area contributed by atoms with Crippen molar-refractivity contribution >= 4 is 34.4 Å². The normalized spacial score (nSPS) is 10.8. The first-order valence-electron chi connectivity index (χ1n) is 8.46. The molecule has 0 bridgehead atoms. The van der Waals surface area contributed by atoms with E-state index >= 15 is 0 Å². The minimum Gasteiger partial charge on any atom is -0.324 e. The van der Waals surface area contributed by atoms with Gasteiger partial charge >= 0.3 is 5.69 Å². The number of para-hydroxylation sites is 3. The van der Waals surface area contributed by atoms with Crippen LogP contribution in [-0.2, 0) is 17.9 Å². The van der Waals surface area contributed by atoms with Crippen LogP contribution in [0, 0.1) is 0 Å². The zero-order valence-corrected chi connectivity index (χ0v) is 15.5. The summed E-state index contributed by atoms with van der Waals surface area (Å²) in [5.74, 6) is 0.536. The zero-order chi connectivity index (χ0) is 18.5. The summed E-state index contributed by atoms with van der Waals surface area (Å²) in [5, 5.41) is 2.92. The van der Waals surface area contributed by atoms with E-state index in [9.17, 15) is 9.59 Å². The fraction of sp³-hybridized carbons (Fsp3) is 0.200. The van der Waals surface area contributed by atoms with Crippen molar-refractivity contribution in [3.05, 3.63) is 71.7 Å². The van der Waals surface area contributed by atoms with Crippen LogP contribution >= 0.6 is 11.8 Å². The Morgan fingerprint density at radius 1 is 1.12 bits per heavy atom. The minimum atomic E-state index is -0.224. The smallest absolute Gasteiger partial charge is 0.324 e. The molecule has 3 aromatic rings. The second-order valence-corrected chi connectivity index (χ2v) is 6.81. The van der Waals surface area contributed by atoms with Crippen molar-refractivity contribution in [3.63, 3.8) is 0 Å². The number of carbonyl (C=O) groups excluding carboxylic acids is 1. The molecule has 26 heavy (non-hydrogen) atoms. The minimum absolute atomic E-state index is 0.0210. The molecule has 1 amide bonds. The predicted molar refractivity (Wildman–Crippen MR) is 108 cm³/mol. The lowest BCUT2D eigenvalue weighted by molar-refractivity contribution is -0.116. The third-order valence-electron chi connectivity index (χ3n) is 4.06. The number of benzene rings is 2. The van der Waals surface area contributed by atoms with E-state index in [0.29, 0.717) is 6.54 Å². The number of nitrogens with one attached hydrogen (secondary N) is 1. The van der Waals surface area contributed by atoms with E-state index in [1.54, 1.807) is 16.3 Å². The SMILES string of the molecule is C=CCSc1ccccc1NC(=O)Cn1c(=O)n(CC)c2ccccc21. The molecule has 1 aromatic heterocycles. The summed E-state index contributed by atoms with van der Waals surface area (Å²) in [4.78, 5) is 26.2. The first-order chi connectivity index (χ1) is 12.7. The number of hydrogen-bond donors (Lipinski definition) is 1. The van der Waals surface area contributed by atoms with Crippen molar-refractivity contribution in [1.29, 1.82) is 0 Å². The van der Waals surface area contributed by atoms with Gasteiger partial charge in [0.2, 0.25) is 5.91 Å². The number of fused-ring (bicyclic) bond motifs is 1. The van der Waals surface area contributed by atoms with Crippen molar-refractivity contribution in [1.82, 2.24) is 9.13 Å². The van der Waals surface area contributed by atoms with Crippen LogP contribution in [-0.4, -0.2) is 20.8 Å². The third-order valence-corrected chi connectivity index (χ3v) is 5.13. The molecule has 6 heteroatoms. The molecule has 0 fully saturated rings. The molecule has 5 nitrogen and oxygen atoms in total. The average Bonchev–Trinajstić information content (AvgIpc) is 2.92. The Hall–Kier alpha value is -2.73. The molecular weight excluding hydrogens is 346 g/mol. The van der Waals surface area contributed by atoms with Crippen molar-refractivity contribution in [2.24, 2.45) is 0 Å². The molecule has 0 saturated carbocycles. The topological polar surface area (TPSA) is 56.0 Å². The maximum absolute atomic E-state index is 12.6. The molecule has 0 atom stereocenters. The Labute approximate surface area is 156 Å². The van der Waals surface area contributed by atoms with Crippen molar-refractivity contribution in [2.45, 2.75) is 24.9 Å². The summed E-state index contributed by atoms with van der Waals surface area (Å²) >= 11 is 1.60. The van der Waals surface area contributed by atoms with E-state index in [-0.39, 0.29) is 18.1 Å². The number of thioether (sulfide) groups is 1. The highest BCUT2D eigenvalue weighted by atomic mass is 32.2. The molecule has 3 rings (SSSR count). The van der Waals surface area contributed by atoms with Gasteiger partial charge < -0.3 is 5.32 Å². The summed E-state index contributed by atoms with van der Waals surface area (Å²) in [6, 6.07) is 15.2.